The smallest absolute Gasteiger partial charge is 0.319 e. The van der Waals surface area contributed by atoms with E-state index < -0.39 is 0 Å². The van der Waals surface area contributed by atoms with Crippen LogP contribution in [-0.2, 0) is 6.42 Å². The number of hydrogen-bond donors (Lipinski definition) is 3. The summed E-state index contributed by atoms with van der Waals surface area (Å²) < 4.78 is 0. The molecule has 0 saturated heterocycles. The van der Waals surface area contributed by atoms with E-state index in [4.69, 9.17) is 11.6 Å². The SMILES string of the molecule is CCN(CC)C(=O)c1ccc(Cl)c(NC(=O)NCCc2cnc[nH]2)c1. The summed E-state index contributed by atoms with van der Waals surface area (Å²) in [6.07, 6.45) is 3.94. The van der Waals surface area contributed by atoms with Gasteiger partial charge < -0.3 is 20.5 Å². The van der Waals surface area contributed by atoms with Crippen LogP contribution in [0.4, 0.5) is 10.5 Å². The maximum atomic E-state index is 12.4. The third kappa shape index (κ3) is 5.22. The summed E-state index contributed by atoms with van der Waals surface area (Å²) in [6.45, 7) is 5.53. The fraction of sp³-hybridized carbons (Fsp3) is 0.353. The maximum Gasteiger partial charge on any atom is 0.319 e. The number of nitrogens with zero attached hydrogens (tertiary/aromatic N) is 2. The molecule has 0 aliphatic heterocycles. The molecule has 7 nitrogen and oxygen atoms in total. The van der Waals surface area contributed by atoms with Crippen LogP contribution in [0.5, 0.6) is 0 Å². The summed E-state index contributed by atoms with van der Waals surface area (Å²) in [4.78, 5) is 33.0. The van der Waals surface area contributed by atoms with Gasteiger partial charge in [-0.2, -0.15) is 0 Å². The quantitative estimate of drug-likeness (QED) is 0.706. The summed E-state index contributed by atoms with van der Waals surface area (Å²) in [5.41, 5.74) is 1.82. The highest BCUT2D eigenvalue weighted by Crippen LogP contribution is 2.23. The van der Waals surface area contributed by atoms with Gasteiger partial charge >= 0.3 is 6.03 Å². The molecule has 0 saturated carbocycles. The van der Waals surface area contributed by atoms with Crippen LogP contribution in [0.3, 0.4) is 0 Å². The van der Waals surface area contributed by atoms with Crippen molar-refractivity contribution in [1.82, 2.24) is 20.2 Å². The standard InChI is InChI=1S/C17H22ClN5O2/c1-3-23(4-2)16(24)12-5-6-14(18)15(9-12)22-17(25)20-8-7-13-10-19-11-21-13/h5-6,9-11H,3-4,7-8H2,1-2H3,(H,19,21)(H2,20,22,25). The Bertz CT molecular complexity index is 714. The van der Waals surface area contributed by atoms with Crippen molar-refractivity contribution in [2.75, 3.05) is 25.0 Å². The highest BCUT2D eigenvalue weighted by atomic mass is 35.5. The van der Waals surface area contributed by atoms with Crippen molar-refractivity contribution in [2.45, 2.75) is 20.3 Å². The van der Waals surface area contributed by atoms with Gasteiger partial charge in [-0.15, -0.1) is 0 Å². The molecule has 0 fully saturated rings. The highest BCUT2D eigenvalue weighted by molar-refractivity contribution is 6.33. The monoisotopic (exact) mass is 363 g/mol. The van der Waals surface area contributed by atoms with Gasteiger partial charge in [0.1, 0.15) is 0 Å². The van der Waals surface area contributed by atoms with E-state index >= 15 is 0 Å². The van der Waals surface area contributed by atoms with Crippen molar-refractivity contribution in [2.24, 2.45) is 0 Å². The molecule has 0 unspecified atom stereocenters. The first-order valence-electron chi connectivity index (χ1n) is 8.16. The lowest BCUT2D eigenvalue weighted by Crippen LogP contribution is -2.31. The van der Waals surface area contributed by atoms with Gasteiger partial charge in [-0.1, -0.05) is 11.6 Å². The van der Waals surface area contributed by atoms with Crippen LogP contribution < -0.4 is 10.6 Å². The number of halogens is 1. The lowest BCUT2D eigenvalue weighted by Gasteiger charge is -2.19. The van der Waals surface area contributed by atoms with Crippen LogP contribution in [0.15, 0.2) is 30.7 Å². The van der Waals surface area contributed by atoms with E-state index in [0.29, 0.717) is 42.3 Å². The largest absolute Gasteiger partial charge is 0.348 e. The number of rotatable bonds is 7. The molecule has 1 aromatic carbocycles. The molecule has 1 aromatic heterocycles. The molecular weight excluding hydrogens is 342 g/mol. The van der Waals surface area contributed by atoms with Gasteiger partial charge in [-0.05, 0) is 32.0 Å². The number of nitrogens with one attached hydrogen (secondary N) is 3. The molecule has 0 spiro atoms. The van der Waals surface area contributed by atoms with Crippen LogP contribution in [0, 0.1) is 0 Å². The Balaban J connectivity index is 1.97. The molecule has 0 aliphatic rings. The van der Waals surface area contributed by atoms with Gasteiger partial charge in [0.25, 0.3) is 5.91 Å². The molecule has 2 rings (SSSR count). The fourth-order valence-corrected chi connectivity index (χ4v) is 2.51. The number of carbonyl (C=O) groups excluding carboxylic acids is 2. The molecule has 3 amide bonds. The van der Waals surface area contributed by atoms with E-state index in [9.17, 15) is 9.59 Å². The van der Waals surface area contributed by atoms with Gasteiger partial charge in [0, 0.05) is 43.5 Å². The molecule has 8 heteroatoms. The first-order chi connectivity index (χ1) is 12.0. The molecule has 0 radical (unpaired) electrons. The number of carbonyl (C=O) groups is 2. The Morgan fingerprint density at radius 2 is 2.04 bits per heavy atom. The van der Waals surface area contributed by atoms with E-state index in [1.807, 2.05) is 13.8 Å². The van der Waals surface area contributed by atoms with Crippen LogP contribution in [-0.4, -0.2) is 46.4 Å². The third-order valence-electron chi connectivity index (χ3n) is 3.75. The fourth-order valence-electron chi connectivity index (χ4n) is 2.35. The average molecular weight is 364 g/mol. The molecule has 25 heavy (non-hydrogen) atoms. The zero-order valence-electron chi connectivity index (χ0n) is 14.3. The van der Waals surface area contributed by atoms with E-state index in [-0.39, 0.29) is 11.9 Å². The summed E-state index contributed by atoms with van der Waals surface area (Å²) >= 11 is 6.13. The van der Waals surface area contributed by atoms with E-state index in [2.05, 4.69) is 20.6 Å². The predicted molar refractivity (Wildman–Crippen MR) is 98.0 cm³/mol. The molecule has 2 aromatic rings. The molecule has 0 atom stereocenters. The second kappa shape index (κ2) is 9.08. The number of amides is 3. The minimum Gasteiger partial charge on any atom is -0.348 e. The summed E-state index contributed by atoms with van der Waals surface area (Å²) in [5, 5.41) is 5.80. The Labute approximate surface area is 151 Å². The van der Waals surface area contributed by atoms with Crippen molar-refractivity contribution in [3.63, 3.8) is 0 Å². The number of aromatic nitrogens is 2. The summed E-state index contributed by atoms with van der Waals surface area (Å²) in [6, 6.07) is 4.48. The first kappa shape index (κ1) is 18.8. The Kier molecular flexibility index (Phi) is 6.82. The van der Waals surface area contributed by atoms with Gasteiger partial charge in [-0.3, -0.25) is 4.79 Å². The molecule has 0 aliphatic carbocycles. The zero-order chi connectivity index (χ0) is 18.2. The van der Waals surface area contributed by atoms with Crippen molar-refractivity contribution in [1.29, 1.82) is 0 Å². The molecule has 134 valence electrons. The van der Waals surface area contributed by atoms with Crippen LogP contribution in [0.1, 0.15) is 29.9 Å². The minimum absolute atomic E-state index is 0.0932. The van der Waals surface area contributed by atoms with Crippen molar-refractivity contribution in [3.05, 3.63) is 47.0 Å². The Morgan fingerprint density at radius 1 is 1.28 bits per heavy atom. The van der Waals surface area contributed by atoms with Gasteiger partial charge in [0.05, 0.1) is 17.0 Å². The minimum atomic E-state index is -0.381. The zero-order valence-corrected chi connectivity index (χ0v) is 15.1. The lowest BCUT2D eigenvalue weighted by molar-refractivity contribution is 0.0773. The molecular formula is C17H22ClN5O2. The predicted octanol–water partition coefficient (Wildman–Crippen LogP) is 2.91. The second-order valence-electron chi connectivity index (χ2n) is 5.38. The topological polar surface area (TPSA) is 90.1 Å². The van der Waals surface area contributed by atoms with E-state index in [0.717, 1.165) is 5.69 Å². The van der Waals surface area contributed by atoms with Crippen LogP contribution in [0.2, 0.25) is 5.02 Å². The lowest BCUT2D eigenvalue weighted by atomic mass is 10.1. The first-order valence-corrected chi connectivity index (χ1v) is 8.53. The van der Waals surface area contributed by atoms with E-state index in [1.54, 1.807) is 35.6 Å². The van der Waals surface area contributed by atoms with Crippen LogP contribution in [0.25, 0.3) is 0 Å². The number of hydrogen-bond acceptors (Lipinski definition) is 3. The Hall–Kier alpha value is -2.54. The second-order valence-corrected chi connectivity index (χ2v) is 5.79. The molecule has 1 heterocycles. The number of anilines is 1. The number of aromatic amines is 1. The van der Waals surface area contributed by atoms with Gasteiger partial charge in [0.15, 0.2) is 0 Å². The van der Waals surface area contributed by atoms with Crippen molar-refractivity contribution >= 4 is 29.2 Å². The number of H-pyrrole nitrogens is 1. The Morgan fingerprint density at radius 3 is 2.68 bits per heavy atom. The molecule has 0 bridgehead atoms. The van der Waals surface area contributed by atoms with Crippen molar-refractivity contribution < 1.29 is 9.59 Å². The number of urea groups is 1. The van der Waals surface area contributed by atoms with Gasteiger partial charge in [0.2, 0.25) is 0 Å². The summed E-state index contributed by atoms with van der Waals surface area (Å²) in [7, 11) is 0. The summed E-state index contributed by atoms with van der Waals surface area (Å²) in [5.74, 6) is -0.0932. The maximum absolute atomic E-state index is 12.4. The number of benzene rings is 1. The highest BCUT2D eigenvalue weighted by Gasteiger charge is 2.15. The normalized spacial score (nSPS) is 10.4. The third-order valence-corrected chi connectivity index (χ3v) is 4.08. The van der Waals surface area contributed by atoms with Crippen molar-refractivity contribution in [3.8, 4) is 0 Å². The number of imidazole rings is 1. The van der Waals surface area contributed by atoms with Crippen LogP contribution >= 0.6 is 11.6 Å². The average Bonchev–Trinajstić information content (AvgIpc) is 3.11. The van der Waals surface area contributed by atoms with E-state index in [1.165, 1.54) is 0 Å². The van der Waals surface area contributed by atoms with Gasteiger partial charge in [-0.25, -0.2) is 9.78 Å². The molecule has 3 N–H and O–H groups in total.